The van der Waals surface area contributed by atoms with Crippen LogP contribution in [0.2, 0.25) is 0 Å². The minimum absolute atomic E-state index is 0.0307. The third kappa shape index (κ3) is 38.2. The summed E-state index contributed by atoms with van der Waals surface area (Å²) in [4.78, 5) is 104. The number of carbonyl (C=O) groups excluding carboxylic acids is 7. The highest BCUT2D eigenvalue weighted by molar-refractivity contribution is 5.95. The largest absolute Gasteiger partial charge is 0.481 e. The number of unbranched alkanes of at least 4 members (excludes halogenated alkanes) is 14. The molecule has 0 radical (unpaired) electrons. The van der Waals surface area contributed by atoms with Crippen molar-refractivity contribution >= 4 is 46.8 Å². The number of nitrogens with zero attached hydrogens (tertiary/aromatic N) is 1. The van der Waals surface area contributed by atoms with Crippen LogP contribution in [0.3, 0.4) is 0 Å². The van der Waals surface area contributed by atoms with Gasteiger partial charge in [0, 0.05) is 70.1 Å². The van der Waals surface area contributed by atoms with Crippen LogP contribution in [-0.2, 0) is 63.7 Å². The molecule has 1 aromatic rings. The van der Waals surface area contributed by atoms with Gasteiger partial charge in [-0.1, -0.05) is 77.0 Å². The topological polar surface area (TPSA) is 297 Å². The maximum absolute atomic E-state index is 13.1. The summed E-state index contributed by atoms with van der Waals surface area (Å²) in [5.74, 6) is -2.20. The summed E-state index contributed by atoms with van der Waals surface area (Å²) in [5.41, 5.74) is 5.44. The fourth-order valence-electron chi connectivity index (χ4n) is 7.54. The van der Waals surface area contributed by atoms with Crippen molar-refractivity contribution in [3.8, 4) is 0 Å². The Labute approximate surface area is 428 Å². The van der Waals surface area contributed by atoms with Gasteiger partial charge in [0.15, 0.2) is 5.78 Å². The molecule has 0 aliphatic heterocycles. The van der Waals surface area contributed by atoms with Crippen LogP contribution >= 0.6 is 0 Å². The lowest BCUT2D eigenvalue weighted by molar-refractivity contribution is -0.137. The molecule has 0 fully saturated rings. The number of carboxylic acids is 1. The first kappa shape index (κ1) is 65.5. The second kappa shape index (κ2) is 43.0. The lowest BCUT2D eigenvalue weighted by Gasteiger charge is -2.27. The second-order valence-corrected chi connectivity index (χ2v) is 19.0. The van der Waals surface area contributed by atoms with Gasteiger partial charge in [0.2, 0.25) is 17.7 Å². The summed E-state index contributed by atoms with van der Waals surface area (Å²) in [7, 11) is 0. The van der Waals surface area contributed by atoms with E-state index in [1.165, 1.54) is 71.0 Å². The number of nitrogens with one attached hydrogen (secondary N) is 5. The van der Waals surface area contributed by atoms with E-state index in [2.05, 4.69) is 31.2 Å². The Morgan fingerprint density at radius 1 is 0.639 bits per heavy atom. The molecule has 0 aliphatic carbocycles. The number of hydrogen-bond acceptors (Lipinski definition) is 15. The molecule has 20 nitrogen and oxygen atoms in total. The molecule has 0 saturated heterocycles. The van der Waals surface area contributed by atoms with Gasteiger partial charge in [-0.05, 0) is 59.3 Å². The zero-order valence-electron chi connectivity index (χ0n) is 43.9. The highest BCUT2D eigenvalue weighted by atomic mass is 16.5. The Hall–Kier alpha value is -4.47. The standard InChI is InChI=1S/C52H91N7O13/c1-41(60)25-26-46(62)45(57-37-47(63)52(2,3)59-51(68)44(53)35-42-36-54-40-58-42)23-18-19-27-55-48(64)38-72-34-32-70-30-28-56-49(65)39-71-33-31-69-29-20-22-43(61)21-16-14-12-10-8-6-4-5-7-9-11-13-15-17-24-50(66)67/h36,40,44-45,57H,4-35,37-39,53H2,1-3H3,(H,54,58)(H,55,64)(H,56,65)(H,59,68)(H,66,67)/t44-,45-/m0/s1. The normalized spacial score (nSPS) is 12.3. The van der Waals surface area contributed by atoms with E-state index in [0.717, 1.165) is 32.1 Å². The van der Waals surface area contributed by atoms with E-state index in [1.807, 2.05) is 0 Å². The Bertz CT molecular complexity index is 1660. The number of imidazole rings is 1. The maximum atomic E-state index is 13.1. The molecule has 3 amide bonds. The SMILES string of the molecule is CC(=O)CCC(=O)[C@H](CCCCNC(=O)COCCOCCNC(=O)COCCOCCCC(=O)CCCCCCCCCCCCCCCCC(=O)O)NCC(=O)C(C)(C)NC(=O)[C@@H](N)Cc1cnc[nH]1. The first-order valence-corrected chi connectivity index (χ1v) is 26.5. The molecule has 1 rings (SSSR count). The fraction of sp³-hybridized carbons (Fsp3) is 0.788. The van der Waals surface area contributed by atoms with Crippen LogP contribution in [0.15, 0.2) is 12.5 Å². The van der Waals surface area contributed by atoms with E-state index in [4.69, 9.17) is 29.8 Å². The predicted molar refractivity (Wildman–Crippen MR) is 273 cm³/mol. The molecule has 8 N–H and O–H groups in total. The number of aromatic amines is 1. The average Bonchev–Trinajstić information content (AvgIpc) is 3.85. The number of amides is 3. The molecule has 1 aromatic heterocycles. The molecule has 72 heavy (non-hydrogen) atoms. The van der Waals surface area contributed by atoms with Crippen molar-refractivity contribution in [1.29, 1.82) is 0 Å². The van der Waals surface area contributed by atoms with E-state index in [9.17, 15) is 38.4 Å². The molecule has 0 bridgehead atoms. The van der Waals surface area contributed by atoms with E-state index in [-0.39, 0.29) is 113 Å². The van der Waals surface area contributed by atoms with E-state index < -0.39 is 29.5 Å². The molecular formula is C52H91N7O13. The fourth-order valence-corrected chi connectivity index (χ4v) is 7.54. The van der Waals surface area contributed by atoms with Crippen LogP contribution in [0.25, 0.3) is 0 Å². The van der Waals surface area contributed by atoms with E-state index >= 15 is 0 Å². The maximum Gasteiger partial charge on any atom is 0.303 e. The van der Waals surface area contributed by atoms with Crippen LogP contribution in [0.5, 0.6) is 0 Å². The number of carboxylic acid groups (broad SMARTS) is 1. The summed E-state index contributed by atoms with van der Waals surface area (Å²) in [6, 6.07) is -1.60. The molecule has 2 atom stereocenters. The minimum Gasteiger partial charge on any atom is -0.481 e. The molecule has 0 aromatic carbocycles. The number of aromatic nitrogens is 2. The van der Waals surface area contributed by atoms with Crippen LogP contribution in [0, 0.1) is 0 Å². The predicted octanol–water partition coefficient (Wildman–Crippen LogP) is 4.78. The average molecular weight is 1020 g/mol. The van der Waals surface area contributed by atoms with Crippen molar-refractivity contribution in [3.63, 3.8) is 0 Å². The molecule has 412 valence electrons. The number of ketones is 4. The lowest BCUT2D eigenvalue weighted by Crippen LogP contribution is -2.57. The molecule has 1 heterocycles. The Kier molecular flexibility index (Phi) is 39.1. The van der Waals surface area contributed by atoms with Gasteiger partial charge in [-0.25, -0.2) is 4.98 Å². The first-order chi connectivity index (χ1) is 34.6. The minimum atomic E-state index is -1.27. The molecule has 0 spiro atoms. The van der Waals surface area contributed by atoms with Crippen LogP contribution in [0.1, 0.15) is 174 Å². The van der Waals surface area contributed by atoms with Gasteiger partial charge in [-0.3, -0.25) is 33.6 Å². The Balaban J connectivity index is 2.01. The van der Waals surface area contributed by atoms with Gasteiger partial charge in [0.25, 0.3) is 0 Å². The summed E-state index contributed by atoms with van der Waals surface area (Å²) in [6.45, 7) is 6.42. The van der Waals surface area contributed by atoms with Gasteiger partial charge in [-0.15, -0.1) is 0 Å². The van der Waals surface area contributed by atoms with Gasteiger partial charge in [0.1, 0.15) is 30.6 Å². The highest BCUT2D eigenvalue weighted by Gasteiger charge is 2.32. The smallest absolute Gasteiger partial charge is 0.303 e. The van der Waals surface area contributed by atoms with Crippen LogP contribution in [0.4, 0.5) is 0 Å². The Morgan fingerprint density at radius 2 is 1.17 bits per heavy atom. The van der Waals surface area contributed by atoms with Crippen LogP contribution < -0.4 is 27.0 Å². The highest BCUT2D eigenvalue weighted by Crippen LogP contribution is 2.15. The van der Waals surface area contributed by atoms with Gasteiger partial charge >= 0.3 is 5.97 Å². The number of nitrogens with two attached hydrogens (primary N) is 1. The molecule has 0 saturated carbocycles. The van der Waals surface area contributed by atoms with Crippen molar-refractivity contribution in [2.24, 2.45) is 5.73 Å². The number of rotatable bonds is 51. The zero-order valence-corrected chi connectivity index (χ0v) is 43.9. The first-order valence-electron chi connectivity index (χ1n) is 26.5. The van der Waals surface area contributed by atoms with Crippen molar-refractivity contribution in [1.82, 2.24) is 31.2 Å². The quantitative estimate of drug-likeness (QED) is 0.0432. The van der Waals surface area contributed by atoms with Crippen LogP contribution in [-0.4, -0.2) is 152 Å². The number of ether oxygens (including phenoxy) is 4. The van der Waals surface area contributed by atoms with Gasteiger partial charge in [0.05, 0.1) is 63.5 Å². The van der Waals surface area contributed by atoms with Crippen molar-refractivity contribution in [2.75, 3.05) is 72.5 Å². The van der Waals surface area contributed by atoms with E-state index in [0.29, 0.717) is 64.0 Å². The third-order valence-electron chi connectivity index (χ3n) is 11.9. The summed E-state index contributed by atoms with van der Waals surface area (Å²) < 4.78 is 21.7. The van der Waals surface area contributed by atoms with Crippen molar-refractivity contribution in [2.45, 2.75) is 192 Å². The number of hydrogen-bond donors (Lipinski definition) is 7. The number of H-pyrrole nitrogens is 1. The monoisotopic (exact) mass is 1020 g/mol. The lowest BCUT2D eigenvalue weighted by atomic mass is 9.96. The van der Waals surface area contributed by atoms with Crippen molar-refractivity contribution in [3.05, 3.63) is 18.2 Å². The van der Waals surface area contributed by atoms with E-state index in [1.54, 1.807) is 20.0 Å². The Morgan fingerprint density at radius 3 is 1.72 bits per heavy atom. The number of carbonyl (C=O) groups is 8. The summed E-state index contributed by atoms with van der Waals surface area (Å²) in [6.07, 6.45) is 23.2. The molecule has 20 heteroatoms. The number of Topliss-reactive ketones (excluding diaryl/α,β-unsaturated/α-hetero) is 4. The number of aliphatic carboxylic acids is 1. The van der Waals surface area contributed by atoms with Crippen molar-refractivity contribution < 1.29 is 62.4 Å². The molecule has 0 unspecified atom stereocenters. The molecular weight excluding hydrogens is 931 g/mol. The summed E-state index contributed by atoms with van der Waals surface area (Å²) in [5, 5.41) is 19.8. The zero-order chi connectivity index (χ0) is 53.1. The van der Waals surface area contributed by atoms with Gasteiger partial charge < -0.3 is 60.8 Å². The van der Waals surface area contributed by atoms with Gasteiger partial charge in [-0.2, -0.15) is 0 Å². The molecule has 0 aliphatic rings. The second-order valence-electron chi connectivity index (χ2n) is 19.0. The summed E-state index contributed by atoms with van der Waals surface area (Å²) >= 11 is 0. The third-order valence-corrected chi connectivity index (χ3v) is 11.9.